The van der Waals surface area contributed by atoms with Gasteiger partial charge < -0.3 is 5.32 Å². The lowest BCUT2D eigenvalue weighted by molar-refractivity contribution is 0.570. The zero-order chi connectivity index (χ0) is 12.8. The second-order valence-electron chi connectivity index (χ2n) is 5.81. The highest BCUT2D eigenvalue weighted by Crippen LogP contribution is 2.41. The molecule has 1 unspecified atom stereocenters. The van der Waals surface area contributed by atoms with Crippen LogP contribution in [0.3, 0.4) is 0 Å². The normalized spacial score (nSPS) is 23.3. The molecule has 1 atom stereocenters. The molecule has 1 saturated carbocycles. The van der Waals surface area contributed by atoms with Crippen LogP contribution in [0.5, 0.6) is 0 Å². The first kappa shape index (κ1) is 11.2. The fourth-order valence-corrected chi connectivity index (χ4v) is 3.03. The fraction of sp³-hybridized carbons (Fsp3) is 0.571. The number of nitrogens with one attached hydrogen (secondary N) is 2. The molecule has 0 amide bonds. The lowest BCUT2D eigenvalue weighted by atomic mass is 10.0. The van der Waals surface area contributed by atoms with E-state index >= 15 is 0 Å². The van der Waals surface area contributed by atoms with Gasteiger partial charge in [0.2, 0.25) is 0 Å². The molecule has 0 aromatic carbocycles. The third kappa shape index (κ3) is 1.98. The molecule has 0 bridgehead atoms. The van der Waals surface area contributed by atoms with Crippen LogP contribution in [-0.4, -0.2) is 27.7 Å². The van der Waals surface area contributed by atoms with Gasteiger partial charge in [0.05, 0.1) is 0 Å². The van der Waals surface area contributed by atoms with Crippen molar-refractivity contribution in [1.29, 1.82) is 0 Å². The Kier molecular flexibility index (Phi) is 2.48. The fourth-order valence-electron chi connectivity index (χ4n) is 3.03. The van der Waals surface area contributed by atoms with Gasteiger partial charge in [-0.15, -0.1) is 0 Å². The van der Waals surface area contributed by atoms with Crippen LogP contribution in [0, 0.1) is 5.92 Å². The van der Waals surface area contributed by atoms with Gasteiger partial charge in [0.15, 0.2) is 5.65 Å². The Balaban J connectivity index is 1.74. The van der Waals surface area contributed by atoms with Crippen LogP contribution in [0.1, 0.15) is 36.4 Å². The van der Waals surface area contributed by atoms with E-state index in [1.807, 2.05) is 6.20 Å². The first-order valence-corrected chi connectivity index (χ1v) is 7.12. The maximum absolute atomic E-state index is 12.1. The minimum Gasteiger partial charge on any atom is -0.316 e. The maximum Gasteiger partial charge on any atom is 0.272 e. The second-order valence-corrected chi connectivity index (χ2v) is 5.81. The van der Waals surface area contributed by atoms with Crippen LogP contribution in [0.25, 0.3) is 5.65 Å². The Bertz CT molecular complexity index is 662. The Morgan fingerprint density at radius 2 is 2.26 bits per heavy atom. The highest BCUT2D eigenvalue weighted by Gasteiger charge is 2.28. The number of hydrogen-bond acceptors (Lipinski definition) is 3. The lowest BCUT2D eigenvalue weighted by Crippen LogP contribution is -2.18. The molecule has 2 fully saturated rings. The van der Waals surface area contributed by atoms with Gasteiger partial charge in [-0.2, -0.15) is 0 Å². The van der Waals surface area contributed by atoms with Gasteiger partial charge in [0.1, 0.15) is 0 Å². The van der Waals surface area contributed by atoms with Gasteiger partial charge in [-0.25, -0.2) is 9.50 Å². The Morgan fingerprint density at radius 1 is 1.37 bits per heavy atom. The molecule has 1 saturated heterocycles. The van der Waals surface area contributed by atoms with Crippen LogP contribution >= 0.6 is 0 Å². The number of rotatable bonds is 3. The van der Waals surface area contributed by atoms with E-state index in [0.29, 0.717) is 11.8 Å². The van der Waals surface area contributed by atoms with Gasteiger partial charge in [0.25, 0.3) is 5.56 Å². The quantitative estimate of drug-likeness (QED) is 0.865. The van der Waals surface area contributed by atoms with E-state index in [1.54, 1.807) is 10.6 Å². The lowest BCUT2D eigenvalue weighted by Gasteiger charge is -2.07. The Hall–Kier alpha value is -1.62. The molecular weight excluding hydrogens is 240 g/mol. The van der Waals surface area contributed by atoms with E-state index in [2.05, 4.69) is 10.4 Å². The predicted octanol–water partition coefficient (Wildman–Crippen LogP) is 1.05. The minimum absolute atomic E-state index is 0.0119. The third-order valence-corrected chi connectivity index (χ3v) is 4.26. The number of aromatic amines is 1. The van der Waals surface area contributed by atoms with Crippen molar-refractivity contribution in [3.63, 3.8) is 0 Å². The van der Waals surface area contributed by atoms with Crippen LogP contribution < -0.4 is 10.9 Å². The van der Waals surface area contributed by atoms with Gasteiger partial charge in [-0.05, 0) is 50.6 Å². The molecule has 1 aliphatic heterocycles. The van der Waals surface area contributed by atoms with Crippen molar-refractivity contribution in [2.45, 2.75) is 31.6 Å². The molecule has 2 aromatic rings. The Labute approximate surface area is 111 Å². The summed E-state index contributed by atoms with van der Waals surface area (Å²) in [7, 11) is 0. The average Bonchev–Trinajstić information content (AvgIpc) is 2.94. The molecular formula is C14H18N4O. The molecule has 2 aromatic heterocycles. The number of fused-ring (bicyclic) bond motifs is 1. The summed E-state index contributed by atoms with van der Waals surface area (Å²) in [4.78, 5) is 16.8. The van der Waals surface area contributed by atoms with Crippen molar-refractivity contribution in [3.05, 3.63) is 33.9 Å². The van der Waals surface area contributed by atoms with Crippen molar-refractivity contribution in [1.82, 2.24) is 19.9 Å². The highest BCUT2D eigenvalue weighted by atomic mass is 16.1. The number of aromatic nitrogens is 3. The largest absolute Gasteiger partial charge is 0.316 e. The predicted molar refractivity (Wildman–Crippen MR) is 72.5 cm³/mol. The summed E-state index contributed by atoms with van der Waals surface area (Å²) in [5.41, 5.74) is 3.01. The maximum atomic E-state index is 12.1. The zero-order valence-electron chi connectivity index (χ0n) is 10.9. The van der Waals surface area contributed by atoms with Crippen LogP contribution in [0.15, 0.2) is 17.1 Å². The molecule has 4 rings (SSSR count). The molecule has 3 heterocycles. The summed E-state index contributed by atoms with van der Waals surface area (Å²) in [5, 5.41) is 6.39. The van der Waals surface area contributed by atoms with Gasteiger partial charge >= 0.3 is 0 Å². The third-order valence-electron chi connectivity index (χ3n) is 4.26. The summed E-state index contributed by atoms with van der Waals surface area (Å²) in [6.07, 6.45) is 6.49. The first-order chi connectivity index (χ1) is 9.31. The molecule has 100 valence electrons. The molecule has 0 radical (unpaired) electrons. The van der Waals surface area contributed by atoms with Crippen LogP contribution in [-0.2, 0) is 6.42 Å². The van der Waals surface area contributed by atoms with Crippen LogP contribution in [0.2, 0.25) is 0 Å². The molecule has 0 spiro atoms. The number of nitrogens with zero attached hydrogens (tertiary/aromatic N) is 2. The van der Waals surface area contributed by atoms with E-state index in [0.717, 1.165) is 30.9 Å². The van der Waals surface area contributed by atoms with Crippen molar-refractivity contribution >= 4 is 5.65 Å². The van der Waals surface area contributed by atoms with Crippen molar-refractivity contribution in [3.8, 4) is 0 Å². The number of hydrogen-bond donors (Lipinski definition) is 2. The van der Waals surface area contributed by atoms with Crippen LogP contribution in [0.4, 0.5) is 0 Å². The van der Waals surface area contributed by atoms with E-state index in [1.165, 1.54) is 24.8 Å². The van der Waals surface area contributed by atoms with Crippen molar-refractivity contribution < 1.29 is 0 Å². The topological polar surface area (TPSA) is 62.2 Å². The summed E-state index contributed by atoms with van der Waals surface area (Å²) in [5.74, 6) is 1.23. The molecule has 2 N–H and O–H groups in total. The monoisotopic (exact) mass is 258 g/mol. The summed E-state index contributed by atoms with van der Waals surface area (Å²) < 4.78 is 1.57. The van der Waals surface area contributed by atoms with Gasteiger partial charge in [-0.1, -0.05) is 0 Å². The van der Waals surface area contributed by atoms with Gasteiger partial charge in [-0.3, -0.25) is 9.89 Å². The van der Waals surface area contributed by atoms with E-state index in [-0.39, 0.29) is 5.56 Å². The van der Waals surface area contributed by atoms with Crippen molar-refractivity contribution in [2.75, 3.05) is 13.1 Å². The van der Waals surface area contributed by atoms with E-state index in [4.69, 9.17) is 4.98 Å². The number of H-pyrrole nitrogens is 1. The summed E-state index contributed by atoms with van der Waals surface area (Å²) in [6.45, 7) is 2.13. The summed E-state index contributed by atoms with van der Waals surface area (Å²) in [6, 6.07) is 1.68. The standard InChI is InChI=1S/C14H18N4O/c19-13-6-11(5-9-3-4-15-7-9)17-14-12(10-1-2-10)8-16-18(13)14/h6,8-10,15-16H,1-5,7H2. The zero-order valence-corrected chi connectivity index (χ0v) is 10.9. The van der Waals surface area contributed by atoms with E-state index < -0.39 is 0 Å². The molecule has 5 heteroatoms. The van der Waals surface area contributed by atoms with Crippen molar-refractivity contribution in [2.24, 2.45) is 5.92 Å². The summed E-state index contributed by atoms with van der Waals surface area (Å²) >= 11 is 0. The second kappa shape index (κ2) is 4.20. The first-order valence-electron chi connectivity index (χ1n) is 7.12. The molecule has 19 heavy (non-hydrogen) atoms. The highest BCUT2D eigenvalue weighted by molar-refractivity contribution is 5.50. The minimum atomic E-state index is 0.0119. The average molecular weight is 258 g/mol. The molecule has 1 aliphatic carbocycles. The van der Waals surface area contributed by atoms with E-state index in [9.17, 15) is 4.79 Å². The van der Waals surface area contributed by atoms with Gasteiger partial charge in [0, 0.05) is 23.5 Å². The molecule has 2 aliphatic rings. The molecule has 5 nitrogen and oxygen atoms in total. The Morgan fingerprint density at radius 3 is 3.00 bits per heavy atom. The SMILES string of the molecule is O=c1cc(CC2CCNC2)nc2c(C3CC3)c[nH]n12. The smallest absolute Gasteiger partial charge is 0.272 e.